The average Bonchev–Trinajstić information content (AvgIpc) is 2.76. The number of anilines is 1. The first kappa shape index (κ1) is 11.8. The van der Waals surface area contributed by atoms with Gasteiger partial charge in [-0.1, -0.05) is 6.92 Å². The molecule has 92 valence electrons. The molecule has 1 N–H and O–H groups in total. The van der Waals surface area contributed by atoms with Crippen LogP contribution in [0.1, 0.15) is 12.6 Å². The summed E-state index contributed by atoms with van der Waals surface area (Å²) >= 11 is 0. The van der Waals surface area contributed by atoms with E-state index >= 15 is 0 Å². The predicted octanol–water partition coefficient (Wildman–Crippen LogP) is 0.796. The lowest BCUT2D eigenvalue weighted by atomic mass is 10.4. The van der Waals surface area contributed by atoms with Gasteiger partial charge in [-0.3, -0.25) is 0 Å². The molecule has 0 spiro atoms. The van der Waals surface area contributed by atoms with Crippen molar-refractivity contribution in [2.45, 2.75) is 13.8 Å². The Morgan fingerprint density at radius 1 is 1.47 bits per heavy atom. The molecule has 0 atom stereocenters. The van der Waals surface area contributed by atoms with Gasteiger partial charge in [0.05, 0.1) is 0 Å². The molecule has 0 radical (unpaired) electrons. The lowest BCUT2D eigenvalue weighted by molar-refractivity contribution is 0.367. The van der Waals surface area contributed by atoms with E-state index in [0.29, 0.717) is 5.78 Å². The van der Waals surface area contributed by atoms with Crippen LogP contribution in [0, 0.1) is 6.92 Å². The first-order chi connectivity index (χ1) is 8.20. The summed E-state index contributed by atoms with van der Waals surface area (Å²) in [6.07, 6.45) is 1.52. The maximum absolute atomic E-state index is 4.29. The van der Waals surface area contributed by atoms with E-state index in [0.717, 1.165) is 31.1 Å². The van der Waals surface area contributed by atoms with Crippen molar-refractivity contribution in [1.29, 1.82) is 0 Å². The van der Waals surface area contributed by atoms with Crippen molar-refractivity contribution < 1.29 is 0 Å². The highest BCUT2D eigenvalue weighted by Crippen LogP contribution is 2.09. The van der Waals surface area contributed by atoms with Crippen molar-refractivity contribution in [1.82, 2.24) is 24.5 Å². The van der Waals surface area contributed by atoms with E-state index in [9.17, 15) is 0 Å². The number of rotatable bonds is 5. The van der Waals surface area contributed by atoms with Crippen LogP contribution < -0.4 is 5.32 Å². The summed E-state index contributed by atoms with van der Waals surface area (Å²) in [4.78, 5) is 10.6. The molecule has 2 aromatic rings. The van der Waals surface area contributed by atoms with Crippen LogP contribution in [0.2, 0.25) is 0 Å². The molecule has 0 aliphatic heterocycles. The predicted molar refractivity (Wildman–Crippen MR) is 67.2 cm³/mol. The Balaban J connectivity index is 2.09. The molecular weight excluding hydrogens is 216 g/mol. The molecular formula is C11H18N6. The fourth-order valence-electron chi connectivity index (χ4n) is 1.59. The minimum Gasteiger partial charge on any atom is -0.369 e. The Kier molecular flexibility index (Phi) is 3.53. The highest BCUT2D eigenvalue weighted by molar-refractivity contribution is 5.44. The smallest absolute Gasteiger partial charge is 0.254 e. The zero-order valence-electron chi connectivity index (χ0n) is 10.5. The van der Waals surface area contributed by atoms with Crippen LogP contribution in [-0.2, 0) is 0 Å². The van der Waals surface area contributed by atoms with Crippen LogP contribution in [-0.4, -0.2) is 51.2 Å². The molecule has 0 bridgehead atoms. The highest BCUT2D eigenvalue weighted by Gasteiger charge is 2.04. The second kappa shape index (κ2) is 5.09. The van der Waals surface area contributed by atoms with E-state index in [1.165, 1.54) is 6.33 Å². The molecule has 17 heavy (non-hydrogen) atoms. The molecule has 2 rings (SSSR count). The normalized spacial score (nSPS) is 11.3. The number of nitrogens with one attached hydrogen (secondary N) is 1. The highest BCUT2D eigenvalue weighted by atomic mass is 15.4. The first-order valence-electron chi connectivity index (χ1n) is 5.80. The van der Waals surface area contributed by atoms with E-state index in [4.69, 9.17) is 0 Å². The van der Waals surface area contributed by atoms with Crippen LogP contribution in [0.3, 0.4) is 0 Å². The number of aryl methyl sites for hydroxylation is 1. The number of aromatic nitrogens is 4. The third kappa shape index (κ3) is 2.71. The molecule has 0 unspecified atom stereocenters. The average molecular weight is 234 g/mol. The van der Waals surface area contributed by atoms with Gasteiger partial charge in [0.1, 0.15) is 12.1 Å². The number of fused-ring (bicyclic) bond motifs is 1. The number of hydrogen-bond acceptors (Lipinski definition) is 5. The third-order valence-corrected chi connectivity index (χ3v) is 2.72. The quantitative estimate of drug-likeness (QED) is 0.829. The molecule has 6 nitrogen and oxygen atoms in total. The molecule has 0 saturated carbocycles. The Labute approximate surface area is 101 Å². The second-order valence-electron chi connectivity index (χ2n) is 4.08. The molecule has 0 amide bonds. The van der Waals surface area contributed by atoms with Crippen LogP contribution in [0.25, 0.3) is 5.78 Å². The van der Waals surface area contributed by atoms with Gasteiger partial charge in [-0.15, -0.1) is 0 Å². The SMILES string of the molecule is CCN(C)CCNc1cc(C)nc2ncnn12. The number of hydrogen-bond donors (Lipinski definition) is 1. The van der Waals surface area contributed by atoms with Gasteiger partial charge in [-0.05, 0) is 20.5 Å². The monoisotopic (exact) mass is 234 g/mol. The van der Waals surface area contributed by atoms with Crippen molar-refractivity contribution in [2.75, 3.05) is 32.0 Å². The summed E-state index contributed by atoms with van der Waals surface area (Å²) in [5, 5.41) is 7.50. The fraction of sp³-hybridized carbons (Fsp3) is 0.545. The Morgan fingerprint density at radius 3 is 3.06 bits per heavy atom. The summed E-state index contributed by atoms with van der Waals surface area (Å²) in [5.74, 6) is 1.57. The minimum atomic E-state index is 0.636. The standard InChI is InChI=1S/C11H18N6/c1-4-16(3)6-5-12-10-7-9(2)15-11-13-8-14-17(10)11/h7-8,12H,4-6H2,1-3H3. The fourth-order valence-corrected chi connectivity index (χ4v) is 1.59. The van der Waals surface area contributed by atoms with Gasteiger partial charge in [0.15, 0.2) is 0 Å². The summed E-state index contributed by atoms with van der Waals surface area (Å²) in [6, 6.07) is 1.98. The Morgan fingerprint density at radius 2 is 2.29 bits per heavy atom. The van der Waals surface area contributed by atoms with E-state index in [1.807, 2.05) is 13.0 Å². The molecule has 2 aromatic heterocycles. The maximum Gasteiger partial charge on any atom is 0.254 e. The first-order valence-corrected chi connectivity index (χ1v) is 5.80. The van der Waals surface area contributed by atoms with Crippen LogP contribution in [0.15, 0.2) is 12.4 Å². The molecule has 0 fully saturated rings. The summed E-state index contributed by atoms with van der Waals surface area (Å²) in [6.45, 7) is 7.02. The summed E-state index contributed by atoms with van der Waals surface area (Å²) in [7, 11) is 2.10. The van der Waals surface area contributed by atoms with E-state index in [2.05, 4.69) is 39.3 Å². The third-order valence-electron chi connectivity index (χ3n) is 2.72. The Hall–Kier alpha value is -1.69. The van der Waals surface area contributed by atoms with Gasteiger partial charge >= 0.3 is 0 Å². The zero-order chi connectivity index (χ0) is 12.3. The zero-order valence-corrected chi connectivity index (χ0v) is 10.5. The largest absolute Gasteiger partial charge is 0.369 e. The van der Waals surface area contributed by atoms with E-state index in [-0.39, 0.29) is 0 Å². The lowest BCUT2D eigenvalue weighted by Gasteiger charge is -2.15. The molecule has 0 aliphatic carbocycles. The molecule has 6 heteroatoms. The topological polar surface area (TPSA) is 58.3 Å². The molecule has 2 heterocycles. The van der Waals surface area contributed by atoms with Gasteiger partial charge in [-0.25, -0.2) is 4.98 Å². The Bertz CT molecular complexity index is 492. The molecule has 0 aromatic carbocycles. The van der Waals surface area contributed by atoms with Crippen LogP contribution in [0.4, 0.5) is 5.82 Å². The van der Waals surface area contributed by atoms with Gasteiger partial charge in [0.25, 0.3) is 5.78 Å². The van der Waals surface area contributed by atoms with Crippen molar-refractivity contribution >= 4 is 11.6 Å². The molecule has 0 aliphatic rings. The van der Waals surface area contributed by atoms with Crippen LogP contribution in [0.5, 0.6) is 0 Å². The van der Waals surface area contributed by atoms with Crippen molar-refractivity contribution in [3.05, 3.63) is 18.1 Å². The van der Waals surface area contributed by atoms with Gasteiger partial charge < -0.3 is 10.2 Å². The minimum absolute atomic E-state index is 0.636. The van der Waals surface area contributed by atoms with Gasteiger partial charge in [0.2, 0.25) is 0 Å². The van der Waals surface area contributed by atoms with E-state index < -0.39 is 0 Å². The van der Waals surface area contributed by atoms with Crippen LogP contribution >= 0.6 is 0 Å². The van der Waals surface area contributed by atoms with E-state index in [1.54, 1.807) is 4.52 Å². The van der Waals surface area contributed by atoms with Gasteiger partial charge in [0, 0.05) is 24.8 Å². The van der Waals surface area contributed by atoms with Crippen molar-refractivity contribution in [3.63, 3.8) is 0 Å². The van der Waals surface area contributed by atoms with Crippen molar-refractivity contribution in [2.24, 2.45) is 0 Å². The van der Waals surface area contributed by atoms with Gasteiger partial charge in [-0.2, -0.15) is 14.6 Å². The summed E-state index contributed by atoms with van der Waals surface area (Å²) in [5.41, 5.74) is 0.942. The number of likely N-dealkylation sites (N-methyl/N-ethyl adjacent to an activating group) is 1. The maximum atomic E-state index is 4.29. The second-order valence-corrected chi connectivity index (χ2v) is 4.08. The summed E-state index contributed by atoms with van der Waals surface area (Å²) < 4.78 is 1.72. The molecule has 0 saturated heterocycles. The lowest BCUT2D eigenvalue weighted by Crippen LogP contribution is -2.25. The van der Waals surface area contributed by atoms with Crippen molar-refractivity contribution in [3.8, 4) is 0 Å². The number of nitrogens with zero attached hydrogens (tertiary/aromatic N) is 5.